The first kappa shape index (κ1) is 28.0. The molecule has 0 N–H and O–H groups in total. The minimum Gasteiger partial charge on any atom is -0.309 e. The topological polar surface area (TPSA) is 27.7 Å². The maximum atomic E-state index is 5.20. The van der Waals surface area contributed by atoms with Crippen LogP contribution in [0.2, 0.25) is 0 Å². The lowest BCUT2D eigenvalue weighted by Gasteiger charge is -2.18. The number of para-hydroxylation sites is 7. The molecule has 4 aromatic heterocycles. The van der Waals surface area contributed by atoms with Crippen LogP contribution in [0, 0.1) is 0 Å². The second-order valence-corrected chi connectivity index (χ2v) is 13.2. The minimum atomic E-state index is 0.910. The van der Waals surface area contributed by atoms with Gasteiger partial charge in [0.25, 0.3) is 0 Å². The van der Waals surface area contributed by atoms with Gasteiger partial charge >= 0.3 is 0 Å². The van der Waals surface area contributed by atoms with E-state index < -0.39 is 0 Å². The van der Waals surface area contributed by atoms with Gasteiger partial charge in [-0.3, -0.25) is 4.57 Å². The predicted octanol–water partition coefficient (Wildman–Crippen LogP) is 12.0. The van der Waals surface area contributed by atoms with Crippen LogP contribution < -0.4 is 0 Å². The molecule has 0 atom stereocenters. The zero-order valence-corrected chi connectivity index (χ0v) is 27.6. The standard InChI is InChI=1S/C47H30N4/c1-8-22-39-31(15-1)32-16-2-9-23-40(32)49(39)41-24-10-3-17-33(41)34-18-4-11-25-42(34)50-43-26-12-7-21-37(43)38-29-47(48-30-46(38)50)51-44-27-13-5-19-35(44)36-20-6-14-28-45(36)51/h1-30H. The molecule has 0 radical (unpaired) electrons. The van der Waals surface area contributed by atoms with Gasteiger partial charge in [-0.2, -0.15) is 0 Å². The molecule has 4 heterocycles. The largest absolute Gasteiger partial charge is 0.309 e. The Hall–Kier alpha value is -6.91. The van der Waals surface area contributed by atoms with E-state index in [0.29, 0.717) is 0 Å². The van der Waals surface area contributed by atoms with Crippen molar-refractivity contribution in [1.29, 1.82) is 0 Å². The fourth-order valence-corrected chi connectivity index (χ4v) is 8.38. The van der Waals surface area contributed by atoms with Crippen molar-refractivity contribution in [2.24, 2.45) is 0 Å². The molecule has 238 valence electrons. The molecule has 0 aliphatic rings. The zero-order chi connectivity index (χ0) is 33.5. The highest BCUT2D eigenvalue weighted by Gasteiger charge is 2.21. The van der Waals surface area contributed by atoms with Crippen LogP contribution in [0.15, 0.2) is 182 Å². The molecule has 0 bridgehead atoms. The van der Waals surface area contributed by atoms with E-state index in [2.05, 4.69) is 196 Å². The first-order valence-electron chi connectivity index (χ1n) is 17.4. The number of nitrogens with zero attached hydrogens (tertiary/aromatic N) is 4. The molecule has 0 saturated heterocycles. The van der Waals surface area contributed by atoms with E-state index in [1.165, 1.54) is 48.9 Å². The van der Waals surface area contributed by atoms with Crippen LogP contribution in [0.4, 0.5) is 0 Å². The highest BCUT2D eigenvalue weighted by atomic mass is 15.1. The Balaban J connectivity index is 1.17. The van der Waals surface area contributed by atoms with Crippen molar-refractivity contribution in [3.8, 4) is 28.3 Å². The minimum absolute atomic E-state index is 0.910. The third-order valence-electron chi connectivity index (χ3n) is 10.5. The van der Waals surface area contributed by atoms with Gasteiger partial charge < -0.3 is 9.13 Å². The summed E-state index contributed by atoms with van der Waals surface area (Å²) in [5.74, 6) is 0.910. The monoisotopic (exact) mass is 650 g/mol. The number of hydrogen-bond donors (Lipinski definition) is 0. The van der Waals surface area contributed by atoms with E-state index in [-0.39, 0.29) is 0 Å². The van der Waals surface area contributed by atoms with Gasteiger partial charge in [0.15, 0.2) is 0 Å². The number of hydrogen-bond acceptors (Lipinski definition) is 1. The molecule has 11 aromatic rings. The molecule has 0 unspecified atom stereocenters. The van der Waals surface area contributed by atoms with Crippen LogP contribution in [-0.2, 0) is 0 Å². The molecule has 0 fully saturated rings. The average Bonchev–Trinajstić information content (AvgIpc) is 3.83. The molecule has 0 aliphatic heterocycles. The van der Waals surface area contributed by atoms with E-state index in [1.54, 1.807) is 0 Å². The van der Waals surface area contributed by atoms with E-state index in [4.69, 9.17) is 4.98 Å². The molecule has 11 rings (SSSR count). The van der Waals surface area contributed by atoms with Crippen molar-refractivity contribution in [1.82, 2.24) is 18.7 Å². The van der Waals surface area contributed by atoms with Gasteiger partial charge in [0.2, 0.25) is 0 Å². The summed E-state index contributed by atoms with van der Waals surface area (Å²) in [5, 5.41) is 7.33. The first-order chi connectivity index (χ1) is 25.3. The summed E-state index contributed by atoms with van der Waals surface area (Å²) in [6.07, 6.45) is 2.06. The van der Waals surface area contributed by atoms with Gasteiger partial charge in [0, 0.05) is 43.4 Å². The lowest BCUT2D eigenvalue weighted by Crippen LogP contribution is -2.02. The molecular weight excluding hydrogens is 621 g/mol. The highest BCUT2D eigenvalue weighted by Crippen LogP contribution is 2.41. The smallest absolute Gasteiger partial charge is 0.138 e. The Labute approximate surface area is 293 Å². The molecule has 51 heavy (non-hydrogen) atoms. The quantitative estimate of drug-likeness (QED) is 0.186. The van der Waals surface area contributed by atoms with Gasteiger partial charge in [-0.1, -0.05) is 127 Å². The van der Waals surface area contributed by atoms with Crippen molar-refractivity contribution in [2.45, 2.75) is 0 Å². The Morgan fingerprint density at radius 3 is 1.08 bits per heavy atom. The van der Waals surface area contributed by atoms with Crippen molar-refractivity contribution in [3.63, 3.8) is 0 Å². The third kappa shape index (κ3) is 3.99. The van der Waals surface area contributed by atoms with Crippen LogP contribution in [0.25, 0.3) is 93.7 Å². The fraction of sp³-hybridized carbons (Fsp3) is 0. The van der Waals surface area contributed by atoms with Gasteiger partial charge in [0.1, 0.15) is 5.82 Å². The number of pyridine rings is 1. The average molecular weight is 651 g/mol. The third-order valence-corrected chi connectivity index (χ3v) is 10.5. The van der Waals surface area contributed by atoms with Crippen LogP contribution in [0.5, 0.6) is 0 Å². The second kappa shape index (κ2) is 10.8. The molecule has 0 saturated carbocycles. The molecular formula is C47H30N4. The highest BCUT2D eigenvalue weighted by molar-refractivity contribution is 6.13. The van der Waals surface area contributed by atoms with Gasteiger partial charge in [-0.05, 0) is 48.5 Å². The van der Waals surface area contributed by atoms with Crippen LogP contribution in [0.1, 0.15) is 0 Å². The summed E-state index contributed by atoms with van der Waals surface area (Å²) in [7, 11) is 0. The lowest BCUT2D eigenvalue weighted by molar-refractivity contribution is 1.08. The number of benzene rings is 7. The Kier molecular flexibility index (Phi) is 5.92. The summed E-state index contributed by atoms with van der Waals surface area (Å²) in [5.41, 5.74) is 11.5. The maximum Gasteiger partial charge on any atom is 0.138 e. The lowest BCUT2D eigenvalue weighted by atomic mass is 10.0. The van der Waals surface area contributed by atoms with Crippen molar-refractivity contribution in [3.05, 3.63) is 182 Å². The van der Waals surface area contributed by atoms with Gasteiger partial charge in [-0.15, -0.1) is 0 Å². The normalized spacial score (nSPS) is 11.9. The Morgan fingerprint density at radius 1 is 0.294 bits per heavy atom. The second-order valence-electron chi connectivity index (χ2n) is 13.2. The number of aromatic nitrogens is 4. The van der Waals surface area contributed by atoms with Crippen LogP contribution >= 0.6 is 0 Å². The van der Waals surface area contributed by atoms with Crippen molar-refractivity contribution >= 4 is 65.4 Å². The molecule has 7 aromatic carbocycles. The van der Waals surface area contributed by atoms with E-state index in [9.17, 15) is 0 Å². The Morgan fingerprint density at radius 2 is 0.627 bits per heavy atom. The van der Waals surface area contributed by atoms with Gasteiger partial charge in [0.05, 0.1) is 50.7 Å². The molecule has 4 heteroatoms. The maximum absolute atomic E-state index is 5.20. The predicted molar refractivity (Wildman–Crippen MR) is 213 cm³/mol. The zero-order valence-electron chi connectivity index (χ0n) is 27.6. The van der Waals surface area contributed by atoms with Crippen LogP contribution in [-0.4, -0.2) is 18.7 Å². The van der Waals surface area contributed by atoms with Crippen molar-refractivity contribution in [2.75, 3.05) is 0 Å². The summed E-state index contributed by atoms with van der Waals surface area (Å²) >= 11 is 0. The number of fused-ring (bicyclic) bond motifs is 9. The van der Waals surface area contributed by atoms with Crippen molar-refractivity contribution < 1.29 is 0 Å². The summed E-state index contributed by atoms with van der Waals surface area (Å²) < 4.78 is 7.11. The van der Waals surface area contributed by atoms with Crippen LogP contribution in [0.3, 0.4) is 0 Å². The SMILES string of the molecule is c1ccc(-n2c3ccccc3c3ccccc32)c(-c2ccccc2-n2c3ccccc3c3cc(-n4c5ccccc5c5ccccc54)ncc32)c1. The first-order valence-corrected chi connectivity index (χ1v) is 17.4. The van der Waals surface area contributed by atoms with E-state index in [1.807, 2.05) is 0 Å². The summed E-state index contributed by atoms with van der Waals surface area (Å²) in [6, 6.07) is 63.2. The molecule has 4 nitrogen and oxygen atoms in total. The molecule has 0 spiro atoms. The number of rotatable bonds is 4. The summed E-state index contributed by atoms with van der Waals surface area (Å²) in [6.45, 7) is 0. The van der Waals surface area contributed by atoms with Gasteiger partial charge in [-0.25, -0.2) is 4.98 Å². The Bertz CT molecular complexity index is 3050. The summed E-state index contributed by atoms with van der Waals surface area (Å²) in [4.78, 5) is 5.20. The van der Waals surface area contributed by atoms with E-state index >= 15 is 0 Å². The molecule has 0 aliphatic carbocycles. The van der Waals surface area contributed by atoms with E-state index in [0.717, 1.165) is 44.8 Å². The fourth-order valence-electron chi connectivity index (χ4n) is 8.38. The molecule has 0 amide bonds.